The van der Waals surface area contributed by atoms with E-state index in [4.69, 9.17) is 4.74 Å². The molecule has 0 saturated carbocycles. The van der Waals surface area contributed by atoms with Gasteiger partial charge in [-0.15, -0.1) is 0 Å². The van der Waals surface area contributed by atoms with Crippen molar-refractivity contribution >= 4 is 22.7 Å². The maximum atomic E-state index is 12.2. The van der Waals surface area contributed by atoms with Gasteiger partial charge in [-0.1, -0.05) is 12.1 Å². The Morgan fingerprint density at radius 1 is 1.26 bits per heavy atom. The molecule has 4 nitrogen and oxygen atoms in total. The Morgan fingerprint density at radius 2 is 1.84 bits per heavy atom. The molecule has 1 heterocycles. The molecule has 1 aliphatic heterocycles. The smallest absolute Gasteiger partial charge is 0.240 e. The normalized spacial score (nSPS) is 19.3. The van der Waals surface area contributed by atoms with Crippen LogP contribution >= 0.6 is 12.6 Å². The van der Waals surface area contributed by atoms with Crippen LogP contribution in [-0.2, 0) is 14.8 Å². The summed E-state index contributed by atoms with van der Waals surface area (Å²) in [6.45, 7) is 3.18. The van der Waals surface area contributed by atoms with Crippen molar-refractivity contribution in [2.75, 3.05) is 13.2 Å². The zero-order chi connectivity index (χ0) is 13.9. The van der Waals surface area contributed by atoms with Gasteiger partial charge in [0.25, 0.3) is 0 Å². The highest BCUT2D eigenvalue weighted by Crippen LogP contribution is 2.21. The van der Waals surface area contributed by atoms with Crippen LogP contribution in [0.15, 0.2) is 29.2 Å². The number of hydrogen-bond acceptors (Lipinski definition) is 4. The van der Waals surface area contributed by atoms with Crippen molar-refractivity contribution in [2.45, 2.75) is 36.0 Å². The van der Waals surface area contributed by atoms with Gasteiger partial charge in [0.15, 0.2) is 0 Å². The van der Waals surface area contributed by atoms with E-state index in [2.05, 4.69) is 17.4 Å². The first-order valence-electron chi connectivity index (χ1n) is 6.37. The van der Waals surface area contributed by atoms with E-state index in [-0.39, 0.29) is 11.3 Å². The largest absolute Gasteiger partial charge is 0.381 e. The Bertz CT molecular complexity index is 505. The van der Waals surface area contributed by atoms with Crippen LogP contribution in [-0.4, -0.2) is 27.7 Å². The van der Waals surface area contributed by atoms with Crippen LogP contribution in [0, 0.1) is 0 Å². The lowest BCUT2D eigenvalue weighted by molar-refractivity contribution is 0.0832. The summed E-state index contributed by atoms with van der Waals surface area (Å²) in [7, 11) is -3.43. The standard InChI is InChI=1S/C13H19NO3S2/c1-10(18)11-2-4-13(5-3-11)19(15,16)14-12-6-8-17-9-7-12/h2-5,10,12,14,18H,6-9H2,1H3. The molecule has 2 rings (SSSR count). The van der Waals surface area contributed by atoms with Crippen molar-refractivity contribution in [1.82, 2.24) is 4.72 Å². The van der Waals surface area contributed by atoms with Gasteiger partial charge in [0.1, 0.15) is 0 Å². The molecule has 0 radical (unpaired) electrons. The molecule has 0 amide bonds. The molecule has 106 valence electrons. The maximum Gasteiger partial charge on any atom is 0.240 e. The van der Waals surface area contributed by atoms with Gasteiger partial charge < -0.3 is 4.74 Å². The SMILES string of the molecule is CC(S)c1ccc(S(=O)(=O)NC2CCOCC2)cc1. The van der Waals surface area contributed by atoms with Crippen LogP contribution < -0.4 is 4.72 Å². The summed E-state index contributed by atoms with van der Waals surface area (Å²) in [6.07, 6.45) is 1.45. The Labute approximate surface area is 120 Å². The van der Waals surface area contributed by atoms with Gasteiger partial charge in [0.2, 0.25) is 10.0 Å². The minimum absolute atomic E-state index is 0.0257. The summed E-state index contributed by atoms with van der Waals surface area (Å²) in [6, 6.07) is 6.84. The Hall–Kier alpha value is -0.560. The average molecular weight is 301 g/mol. The van der Waals surface area contributed by atoms with E-state index in [0.717, 1.165) is 18.4 Å². The van der Waals surface area contributed by atoms with Crippen molar-refractivity contribution in [3.05, 3.63) is 29.8 Å². The quantitative estimate of drug-likeness (QED) is 0.838. The Kier molecular flexibility index (Phi) is 4.89. The van der Waals surface area contributed by atoms with E-state index in [1.54, 1.807) is 24.3 Å². The van der Waals surface area contributed by atoms with Gasteiger partial charge in [-0.25, -0.2) is 13.1 Å². The van der Waals surface area contributed by atoms with Crippen molar-refractivity contribution < 1.29 is 13.2 Å². The van der Waals surface area contributed by atoms with Crippen LogP contribution in [0.2, 0.25) is 0 Å². The van der Waals surface area contributed by atoms with Crippen LogP contribution in [0.25, 0.3) is 0 Å². The summed E-state index contributed by atoms with van der Waals surface area (Å²) in [5.41, 5.74) is 1.01. The molecule has 1 saturated heterocycles. The van der Waals surface area contributed by atoms with Crippen molar-refractivity contribution in [3.63, 3.8) is 0 Å². The minimum atomic E-state index is -3.43. The monoisotopic (exact) mass is 301 g/mol. The molecule has 1 aliphatic rings. The second-order valence-corrected chi connectivity index (χ2v) is 7.24. The van der Waals surface area contributed by atoms with Crippen LogP contribution in [0.3, 0.4) is 0 Å². The van der Waals surface area contributed by atoms with E-state index in [0.29, 0.717) is 18.1 Å². The third-order valence-corrected chi connectivity index (χ3v) is 5.05. The zero-order valence-corrected chi connectivity index (χ0v) is 12.6. The third-order valence-electron chi connectivity index (χ3n) is 3.22. The Balaban J connectivity index is 2.10. The first kappa shape index (κ1) is 14.8. The number of sulfonamides is 1. The molecule has 19 heavy (non-hydrogen) atoms. The van der Waals surface area contributed by atoms with Gasteiger partial charge in [-0.2, -0.15) is 12.6 Å². The summed E-state index contributed by atoms with van der Waals surface area (Å²) < 4.78 is 32.4. The fourth-order valence-electron chi connectivity index (χ4n) is 2.03. The lowest BCUT2D eigenvalue weighted by Crippen LogP contribution is -2.38. The highest BCUT2D eigenvalue weighted by molar-refractivity contribution is 7.89. The van der Waals surface area contributed by atoms with Gasteiger partial charge in [0, 0.05) is 24.5 Å². The highest BCUT2D eigenvalue weighted by Gasteiger charge is 2.22. The first-order valence-corrected chi connectivity index (χ1v) is 8.37. The molecule has 0 bridgehead atoms. The first-order chi connectivity index (χ1) is 8.99. The predicted octanol–water partition coefficient (Wildman–Crippen LogP) is 2.13. The second-order valence-electron chi connectivity index (χ2n) is 4.75. The number of nitrogens with one attached hydrogen (secondary N) is 1. The number of ether oxygens (including phenoxy) is 1. The fourth-order valence-corrected chi connectivity index (χ4v) is 3.51. The third kappa shape index (κ3) is 3.95. The molecule has 0 spiro atoms. The van der Waals surface area contributed by atoms with E-state index >= 15 is 0 Å². The molecule has 1 fully saturated rings. The van der Waals surface area contributed by atoms with Crippen molar-refractivity contribution in [1.29, 1.82) is 0 Å². The summed E-state index contributed by atoms with van der Waals surface area (Å²) in [5.74, 6) is 0. The van der Waals surface area contributed by atoms with Gasteiger partial charge in [-0.05, 0) is 37.5 Å². The lowest BCUT2D eigenvalue weighted by atomic mass is 10.1. The number of hydrogen-bond donors (Lipinski definition) is 2. The molecule has 1 aromatic rings. The molecule has 1 aromatic carbocycles. The summed E-state index contributed by atoms with van der Waals surface area (Å²) in [5, 5.41) is 0.0974. The van der Waals surface area contributed by atoms with E-state index in [1.165, 1.54) is 0 Å². The number of rotatable bonds is 4. The lowest BCUT2D eigenvalue weighted by Gasteiger charge is -2.23. The van der Waals surface area contributed by atoms with Gasteiger partial charge >= 0.3 is 0 Å². The molecule has 1 unspecified atom stereocenters. The van der Waals surface area contributed by atoms with E-state index in [9.17, 15) is 8.42 Å². The summed E-state index contributed by atoms with van der Waals surface area (Å²) >= 11 is 4.32. The topological polar surface area (TPSA) is 55.4 Å². The number of thiol groups is 1. The van der Waals surface area contributed by atoms with Crippen LogP contribution in [0.5, 0.6) is 0 Å². The van der Waals surface area contributed by atoms with E-state index < -0.39 is 10.0 Å². The van der Waals surface area contributed by atoms with Gasteiger partial charge in [-0.3, -0.25) is 0 Å². The van der Waals surface area contributed by atoms with E-state index in [1.807, 2.05) is 6.92 Å². The van der Waals surface area contributed by atoms with Crippen molar-refractivity contribution in [3.8, 4) is 0 Å². The highest BCUT2D eigenvalue weighted by atomic mass is 32.2. The fraction of sp³-hybridized carbons (Fsp3) is 0.538. The minimum Gasteiger partial charge on any atom is -0.381 e. The Morgan fingerprint density at radius 3 is 2.37 bits per heavy atom. The van der Waals surface area contributed by atoms with Crippen LogP contribution in [0.1, 0.15) is 30.6 Å². The molecule has 0 aromatic heterocycles. The average Bonchev–Trinajstić information content (AvgIpc) is 2.39. The molecule has 1 N–H and O–H groups in total. The molecule has 1 atom stereocenters. The van der Waals surface area contributed by atoms with Crippen LogP contribution in [0.4, 0.5) is 0 Å². The second kappa shape index (κ2) is 6.26. The van der Waals surface area contributed by atoms with Crippen molar-refractivity contribution in [2.24, 2.45) is 0 Å². The summed E-state index contributed by atoms with van der Waals surface area (Å²) in [4.78, 5) is 0.303. The molecule has 6 heteroatoms. The predicted molar refractivity (Wildman–Crippen MR) is 78.0 cm³/mol. The zero-order valence-electron chi connectivity index (χ0n) is 10.9. The van der Waals surface area contributed by atoms with Gasteiger partial charge in [0.05, 0.1) is 4.90 Å². The molecular formula is C13H19NO3S2. The molecule has 0 aliphatic carbocycles. The molecular weight excluding hydrogens is 282 g/mol. The number of benzene rings is 1. The maximum absolute atomic E-state index is 12.2.